The van der Waals surface area contributed by atoms with Crippen molar-refractivity contribution < 1.29 is 14.6 Å². The quantitative estimate of drug-likeness (QED) is 0.865. The van der Waals surface area contributed by atoms with E-state index in [0.29, 0.717) is 12.2 Å². The molecule has 0 unspecified atom stereocenters. The van der Waals surface area contributed by atoms with Crippen molar-refractivity contribution in [1.82, 2.24) is 10.2 Å². The van der Waals surface area contributed by atoms with Crippen molar-refractivity contribution >= 4 is 5.91 Å². The first-order chi connectivity index (χ1) is 11.7. The van der Waals surface area contributed by atoms with E-state index in [1.165, 1.54) is 12.8 Å². The maximum atomic E-state index is 12.5. The Morgan fingerprint density at radius 2 is 1.92 bits per heavy atom. The van der Waals surface area contributed by atoms with Gasteiger partial charge < -0.3 is 15.2 Å². The summed E-state index contributed by atoms with van der Waals surface area (Å²) >= 11 is 0. The predicted octanol–water partition coefficient (Wildman–Crippen LogP) is 1.94. The molecule has 0 bridgehead atoms. The third-order valence-corrected chi connectivity index (χ3v) is 5.27. The molecule has 1 aliphatic heterocycles. The van der Waals surface area contributed by atoms with Gasteiger partial charge in [0, 0.05) is 18.7 Å². The minimum absolute atomic E-state index is 0.106. The van der Waals surface area contributed by atoms with Crippen LogP contribution < -0.4 is 5.32 Å². The third kappa shape index (κ3) is 3.97. The van der Waals surface area contributed by atoms with Gasteiger partial charge in [-0.3, -0.25) is 9.69 Å². The van der Waals surface area contributed by atoms with Gasteiger partial charge in [-0.05, 0) is 62.9 Å². The summed E-state index contributed by atoms with van der Waals surface area (Å²) in [7, 11) is 1.65. The van der Waals surface area contributed by atoms with Crippen molar-refractivity contribution in [3.05, 3.63) is 35.4 Å². The first-order valence-electron chi connectivity index (χ1n) is 9.00. The molecule has 1 aromatic carbocycles. The first kappa shape index (κ1) is 17.4. The molecule has 0 spiro atoms. The number of carbonyl (C=O) groups is 1. The lowest BCUT2D eigenvalue weighted by Gasteiger charge is -2.40. The lowest BCUT2D eigenvalue weighted by molar-refractivity contribution is 0.00704. The number of hydrogen-bond acceptors (Lipinski definition) is 4. The standard InChI is InChI=1S/C19H28N2O3/c1-24-13-14-7-9-15(10-8-14)19(23)20-16-5-4-6-17(18(16)22)21-11-2-3-12-21/h7-10,16-18,22H,2-6,11-13H2,1H3,(H,20,23)/t16-,17-,18-/m1/s1. The normalized spacial score (nSPS) is 28.0. The average molecular weight is 332 g/mol. The molecule has 1 saturated heterocycles. The highest BCUT2D eigenvalue weighted by Gasteiger charge is 2.37. The number of rotatable bonds is 5. The number of aliphatic hydroxyl groups is 1. The molecule has 5 nitrogen and oxygen atoms in total. The fourth-order valence-electron chi connectivity index (χ4n) is 3.96. The van der Waals surface area contributed by atoms with Crippen molar-refractivity contribution in [2.75, 3.05) is 20.2 Å². The van der Waals surface area contributed by atoms with E-state index < -0.39 is 6.10 Å². The molecule has 2 aliphatic rings. The highest BCUT2D eigenvalue weighted by atomic mass is 16.5. The van der Waals surface area contributed by atoms with Crippen molar-refractivity contribution in [1.29, 1.82) is 0 Å². The zero-order valence-corrected chi connectivity index (χ0v) is 14.4. The SMILES string of the molecule is COCc1ccc(C(=O)N[C@@H]2CCC[C@@H](N3CCCC3)[C@@H]2O)cc1. The van der Waals surface area contributed by atoms with Gasteiger partial charge in [-0.25, -0.2) is 0 Å². The number of nitrogens with zero attached hydrogens (tertiary/aromatic N) is 1. The van der Waals surface area contributed by atoms with E-state index in [1.54, 1.807) is 7.11 Å². The van der Waals surface area contributed by atoms with Gasteiger partial charge in [0.15, 0.2) is 0 Å². The van der Waals surface area contributed by atoms with Crippen LogP contribution in [0.25, 0.3) is 0 Å². The molecule has 5 heteroatoms. The minimum Gasteiger partial charge on any atom is -0.389 e. The number of methoxy groups -OCH3 is 1. The zero-order valence-electron chi connectivity index (χ0n) is 14.4. The second kappa shape index (κ2) is 8.10. The second-order valence-corrected chi connectivity index (χ2v) is 6.94. The van der Waals surface area contributed by atoms with E-state index in [4.69, 9.17) is 4.74 Å². The molecule has 1 saturated carbocycles. The lowest BCUT2D eigenvalue weighted by Crippen LogP contribution is -2.56. The first-order valence-corrected chi connectivity index (χ1v) is 9.00. The summed E-state index contributed by atoms with van der Waals surface area (Å²) in [5.74, 6) is -0.106. The van der Waals surface area contributed by atoms with Gasteiger partial charge in [0.1, 0.15) is 0 Å². The number of ether oxygens (including phenoxy) is 1. The Labute approximate surface area is 144 Å². The van der Waals surface area contributed by atoms with Crippen LogP contribution in [-0.4, -0.2) is 54.3 Å². The topological polar surface area (TPSA) is 61.8 Å². The summed E-state index contributed by atoms with van der Waals surface area (Å²) in [4.78, 5) is 14.9. The Morgan fingerprint density at radius 1 is 1.21 bits per heavy atom. The molecule has 2 fully saturated rings. The van der Waals surface area contributed by atoms with E-state index in [2.05, 4.69) is 10.2 Å². The molecule has 24 heavy (non-hydrogen) atoms. The van der Waals surface area contributed by atoms with Gasteiger partial charge in [-0.15, -0.1) is 0 Å². The van der Waals surface area contributed by atoms with Crippen LogP contribution >= 0.6 is 0 Å². The highest BCUT2D eigenvalue weighted by molar-refractivity contribution is 5.94. The Balaban J connectivity index is 1.60. The number of nitrogens with one attached hydrogen (secondary N) is 1. The predicted molar refractivity (Wildman–Crippen MR) is 92.9 cm³/mol. The zero-order chi connectivity index (χ0) is 16.9. The van der Waals surface area contributed by atoms with Crippen LogP contribution in [0.15, 0.2) is 24.3 Å². The van der Waals surface area contributed by atoms with Gasteiger partial charge in [-0.1, -0.05) is 12.1 Å². The molecular weight excluding hydrogens is 304 g/mol. The molecule has 132 valence electrons. The molecule has 3 atom stereocenters. The maximum absolute atomic E-state index is 12.5. The minimum atomic E-state index is -0.478. The van der Waals surface area contributed by atoms with E-state index >= 15 is 0 Å². The van der Waals surface area contributed by atoms with E-state index in [9.17, 15) is 9.90 Å². The van der Waals surface area contributed by atoms with E-state index in [-0.39, 0.29) is 18.0 Å². The van der Waals surface area contributed by atoms with Gasteiger partial charge >= 0.3 is 0 Å². The second-order valence-electron chi connectivity index (χ2n) is 6.94. The van der Waals surface area contributed by atoms with Crippen LogP contribution in [0.3, 0.4) is 0 Å². The Morgan fingerprint density at radius 3 is 2.58 bits per heavy atom. The molecule has 3 rings (SSSR count). The summed E-state index contributed by atoms with van der Waals surface area (Å²) in [6.45, 7) is 2.69. The largest absolute Gasteiger partial charge is 0.389 e. The van der Waals surface area contributed by atoms with E-state index in [0.717, 1.165) is 37.9 Å². The Hall–Kier alpha value is -1.43. The summed E-state index contributed by atoms with van der Waals surface area (Å²) in [5.41, 5.74) is 1.67. The average Bonchev–Trinajstić information content (AvgIpc) is 3.12. The smallest absolute Gasteiger partial charge is 0.251 e. The highest BCUT2D eigenvalue weighted by Crippen LogP contribution is 2.26. The summed E-state index contributed by atoms with van der Waals surface area (Å²) in [6.07, 6.45) is 4.88. The molecule has 1 aliphatic carbocycles. The van der Waals surface area contributed by atoms with Gasteiger partial charge in [0.05, 0.1) is 18.8 Å². The third-order valence-electron chi connectivity index (χ3n) is 5.27. The fraction of sp³-hybridized carbons (Fsp3) is 0.632. The van der Waals surface area contributed by atoms with Crippen molar-refractivity contribution in [2.45, 2.75) is 56.9 Å². The van der Waals surface area contributed by atoms with Gasteiger partial charge in [0.2, 0.25) is 0 Å². The molecule has 1 heterocycles. The molecule has 0 aromatic heterocycles. The number of aliphatic hydroxyl groups excluding tert-OH is 1. The van der Waals surface area contributed by atoms with Crippen molar-refractivity contribution in [3.8, 4) is 0 Å². The number of likely N-dealkylation sites (tertiary alicyclic amines) is 1. The van der Waals surface area contributed by atoms with Crippen LogP contribution in [-0.2, 0) is 11.3 Å². The number of benzene rings is 1. The molecule has 2 N–H and O–H groups in total. The number of hydrogen-bond donors (Lipinski definition) is 2. The van der Waals surface area contributed by atoms with Gasteiger partial charge in [-0.2, -0.15) is 0 Å². The monoisotopic (exact) mass is 332 g/mol. The molecule has 1 aromatic rings. The van der Waals surface area contributed by atoms with E-state index in [1.807, 2.05) is 24.3 Å². The fourth-order valence-corrected chi connectivity index (χ4v) is 3.96. The van der Waals surface area contributed by atoms with Crippen LogP contribution in [0.4, 0.5) is 0 Å². The maximum Gasteiger partial charge on any atom is 0.251 e. The van der Waals surface area contributed by atoms with Crippen LogP contribution in [0, 0.1) is 0 Å². The Kier molecular flexibility index (Phi) is 5.87. The summed E-state index contributed by atoms with van der Waals surface area (Å²) in [6, 6.07) is 7.48. The molecular formula is C19H28N2O3. The summed E-state index contributed by atoms with van der Waals surface area (Å²) in [5, 5.41) is 13.8. The Bertz CT molecular complexity index is 540. The number of amides is 1. The van der Waals surface area contributed by atoms with Crippen molar-refractivity contribution in [3.63, 3.8) is 0 Å². The number of carbonyl (C=O) groups excluding carboxylic acids is 1. The lowest BCUT2D eigenvalue weighted by atomic mass is 9.87. The van der Waals surface area contributed by atoms with Gasteiger partial charge in [0.25, 0.3) is 5.91 Å². The summed E-state index contributed by atoms with van der Waals surface area (Å²) < 4.78 is 5.09. The van der Waals surface area contributed by atoms with Crippen LogP contribution in [0.1, 0.15) is 48.0 Å². The molecule has 1 amide bonds. The van der Waals surface area contributed by atoms with Crippen LogP contribution in [0.5, 0.6) is 0 Å². The molecule has 0 radical (unpaired) electrons. The van der Waals surface area contributed by atoms with Crippen LogP contribution in [0.2, 0.25) is 0 Å². The van der Waals surface area contributed by atoms with Crippen molar-refractivity contribution in [2.24, 2.45) is 0 Å².